The van der Waals surface area contributed by atoms with Crippen LogP contribution < -0.4 is 5.73 Å². The third-order valence-corrected chi connectivity index (χ3v) is 2.74. The Kier molecular flexibility index (Phi) is 5.79. The minimum atomic E-state index is 0.262. The molecule has 0 saturated carbocycles. The molecule has 0 aliphatic carbocycles. The smallest absolute Gasteiger partial charge is 0.163 e. The van der Waals surface area contributed by atoms with Gasteiger partial charge in [-0.05, 0) is 24.9 Å². The molecule has 1 aromatic carbocycles. The molecule has 2 heteroatoms. The molecule has 0 aromatic heterocycles. The van der Waals surface area contributed by atoms with Crippen LogP contribution >= 0.6 is 0 Å². The van der Waals surface area contributed by atoms with Crippen LogP contribution in [0.2, 0.25) is 0 Å². The third kappa shape index (κ3) is 3.78. The van der Waals surface area contributed by atoms with Gasteiger partial charge in [0.05, 0.1) is 0 Å². The van der Waals surface area contributed by atoms with Gasteiger partial charge in [0, 0.05) is 12.0 Å². The van der Waals surface area contributed by atoms with Crippen LogP contribution in [-0.2, 0) is 6.42 Å². The van der Waals surface area contributed by atoms with Gasteiger partial charge in [-0.15, -0.1) is 0 Å². The first-order valence-corrected chi connectivity index (χ1v) is 6.10. The van der Waals surface area contributed by atoms with Crippen LogP contribution in [0, 0.1) is 0 Å². The summed E-state index contributed by atoms with van der Waals surface area (Å²) in [5, 5.41) is 0. The Morgan fingerprint density at radius 1 is 1.25 bits per heavy atom. The van der Waals surface area contributed by atoms with Gasteiger partial charge in [0.1, 0.15) is 0 Å². The lowest BCUT2D eigenvalue weighted by molar-refractivity contribution is 0.0978. The maximum atomic E-state index is 12.0. The van der Waals surface area contributed by atoms with E-state index < -0.39 is 0 Å². The molecule has 0 amide bonds. The van der Waals surface area contributed by atoms with Crippen molar-refractivity contribution in [1.82, 2.24) is 0 Å². The van der Waals surface area contributed by atoms with Crippen molar-refractivity contribution in [2.75, 3.05) is 6.54 Å². The van der Waals surface area contributed by atoms with E-state index in [2.05, 4.69) is 6.92 Å². The summed E-state index contributed by atoms with van der Waals surface area (Å²) in [5.74, 6) is 0.262. The van der Waals surface area contributed by atoms with E-state index in [-0.39, 0.29) is 5.78 Å². The first kappa shape index (κ1) is 12.9. The number of ketones is 1. The topological polar surface area (TPSA) is 43.1 Å². The van der Waals surface area contributed by atoms with Crippen molar-refractivity contribution in [2.24, 2.45) is 5.73 Å². The van der Waals surface area contributed by atoms with Gasteiger partial charge in [-0.3, -0.25) is 4.79 Å². The lowest BCUT2D eigenvalue weighted by Gasteiger charge is -2.07. The van der Waals surface area contributed by atoms with Crippen LogP contribution in [0.25, 0.3) is 0 Å². The molecule has 2 N–H and O–H groups in total. The molecule has 0 saturated heterocycles. The van der Waals surface area contributed by atoms with Crippen molar-refractivity contribution in [3.05, 3.63) is 35.4 Å². The predicted octanol–water partition coefficient (Wildman–Crippen LogP) is 2.95. The Hall–Kier alpha value is -1.15. The normalized spacial score (nSPS) is 10.4. The number of Topliss-reactive ketones (excluding diaryl/α,β-unsaturated/α-hetero) is 1. The standard InChI is InChI=1S/C14H21NO/c1-2-3-4-9-14(16)13-8-6-5-7-12(13)10-11-15/h5-8H,2-4,9-11,15H2,1H3. The van der Waals surface area contributed by atoms with Gasteiger partial charge in [-0.1, -0.05) is 44.0 Å². The maximum Gasteiger partial charge on any atom is 0.163 e. The minimum absolute atomic E-state index is 0.262. The number of rotatable bonds is 7. The first-order chi connectivity index (χ1) is 7.79. The number of benzene rings is 1. The average Bonchev–Trinajstić information content (AvgIpc) is 2.30. The number of unbranched alkanes of at least 4 members (excludes halogenated alkanes) is 2. The van der Waals surface area contributed by atoms with Crippen molar-refractivity contribution < 1.29 is 4.79 Å². The summed E-state index contributed by atoms with van der Waals surface area (Å²) in [6, 6.07) is 7.81. The number of carbonyl (C=O) groups is 1. The van der Waals surface area contributed by atoms with Crippen LogP contribution in [0.15, 0.2) is 24.3 Å². The molecule has 0 unspecified atom stereocenters. The molecule has 2 nitrogen and oxygen atoms in total. The summed E-state index contributed by atoms with van der Waals surface area (Å²) in [7, 11) is 0. The van der Waals surface area contributed by atoms with Crippen LogP contribution in [0.4, 0.5) is 0 Å². The SMILES string of the molecule is CCCCCC(=O)c1ccccc1CCN. The van der Waals surface area contributed by atoms with E-state index in [0.717, 1.165) is 36.8 Å². The highest BCUT2D eigenvalue weighted by molar-refractivity contribution is 5.97. The molecule has 0 radical (unpaired) electrons. The summed E-state index contributed by atoms with van der Waals surface area (Å²) >= 11 is 0. The monoisotopic (exact) mass is 219 g/mol. The second kappa shape index (κ2) is 7.18. The van der Waals surface area contributed by atoms with Crippen molar-refractivity contribution in [3.63, 3.8) is 0 Å². The van der Waals surface area contributed by atoms with Crippen LogP contribution in [-0.4, -0.2) is 12.3 Å². The van der Waals surface area contributed by atoms with Gasteiger partial charge < -0.3 is 5.73 Å². The fourth-order valence-electron chi connectivity index (χ4n) is 1.84. The molecule has 0 spiro atoms. The van der Waals surface area contributed by atoms with E-state index in [0.29, 0.717) is 13.0 Å². The molecular formula is C14H21NO. The molecule has 0 fully saturated rings. The fourth-order valence-corrected chi connectivity index (χ4v) is 1.84. The maximum absolute atomic E-state index is 12.0. The highest BCUT2D eigenvalue weighted by Gasteiger charge is 2.09. The first-order valence-electron chi connectivity index (χ1n) is 6.10. The summed E-state index contributed by atoms with van der Waals surface area (Å²) in [4.78, 5) is 12.0. The van der Waals surface area contributed by atoms with Crippen molar-refractivity contribution in [2.45, 2.75) is 39.0 Å². The second-order valence-electron chi connectivity index (χ2n) is 4.08. The van der Waals surface area contributed by atoms with E-state index in [9.17, 15) is 4.79 Å². The lowest BCUT2D eigenvalue weighted by Crippen LogP contribution is -2.09. The van der Waals surface area contributed by atoms with Crippen LogP contribution in [0.5, 0.6) is 0 Å². The molecule has 0 heterocycles. The molecule has 0 aliphatic rings. The molecule has 1 aromatic rings. The number of hydrogen-bond acceptors (Lipinski definition) is 2. The van der Waals surface area contributed by atoms with Crippen LogP contribution in [0.3, 0.4) is 0 Å². The number of carbonyl (C=O) groups excluding carboxylic acids is 1. The zero-order chi connectivity index (χ0) is 11.8. The lowest BCUT2D eigenvalue weighted by atomic mass is 9.98. The minimum Gasteiger partial charge on any atom is -0.330 e. The van der Waals surface area contributed by atoms with Gasteiger partial charge in [-0.2, -0.15) is 0 Å². The predicted molar refractivity (Wildman–Crippen MR) is 67.7 cm³/mol. The zero-order valence-electron chi connectivity index (χ0n) is 10.0. The quantitative estimate of drug-likeness (QED) is 0.566. The summed E-state index contributed by atoms with van der Waals surface area (Å²) in [6.45, 7) is 2.74. The molecule has 0 bridgehead atoms. The molecule has 88 valence electrons. The molecule has 0 aliphatic heterocycles. The molecule has 1 rings (SSSR count). The van der Waals surface area contributed by atoms with Crippen molar-refractivity contribution >= 4 is 5.78 Å². The Morgan fingerprint density at radius 2 is 2.00 bits per heavy atom. The average molecular weight is 219 g/mol. The van der Waals surface area contributed by atoms with E-state index >= 15 is 0 Å². The number of hydrogen-bond donors (Lipinski definition) is 1. The van der Waals surface area contributed by atoms with E-state index in [1.807, 2.05) is 24.3 Å². The fraction of sp³-hybridized carbons (Fsp3) is 0.500. The van der Waals surface area contributed by atoms with E-state index in [1.165, 1.54) is 0 Å². The Morgan fingerprint density at radius 3 is 2.69 bits per heavy atom. The van der Waals surface area contributed by atoms with Gasteiger partial charge >= 0.3 is 0 Å². The van der Waals surface area contributed by atoms with E-state index in [4.69, 9.17) is 5.73 Å². The van der Waals surface area contributed by atoms with Gasteiger partial charge in [-0.25, -0.2) is 0 Å². The summed E-state index contributed by atoms with van der Waals surface area (Å²) in [5.41, 5.74) is 7.49. The third-order valence-electron chi connectivity index (χ3n) is 2.74. The zero-order valence-corrected chi connectivity index (χ0v) is 10.0. The van der Waals surface area contributed by atoms with Crippen molar-refractivity contribution in [3.8, 4) is 0 Å². The number of nitrogens with two attached hydrogens (primary N) is 1. The summed E-state index contributed by atoms with van der Waals surface area (Å²) < 4.78 is 0. The van der Waals surface area contributed by atoms with Gasteiger partial charge in [0.25, 0.3) is 0 Å². The van der Waals surface area contributed by atoms with Gasteiger partial charge in [0.15, 0.2) is 5.78 Å². The Balaban J connectivity index is 2.66. The molecule has 16 heavy (non-hydrogen) atoms. The molecule has 0 atom stereocenters. The van der Waals surface area contributed by atoms with E-state index in [1.54, 1.807) is 0 Å². The highest BCUT2D eigenvalue weighted by Crippen LogP contribution is 2.13. The van der Waals surface area contributed by atoms with Gasteiger partial charge in [0.2, 0.25) is 0 Å². The summed E-state index contributed by atoms with van der Waals surface area (Å²) in [6.07, 6.45) is 4.72. The largest absolute Gasteiger partial charge is 0.330 e. The second-order valence-corrected chi connectivity index (χ2v) is 4.08. The van der Waals surface area contributed by atoms with Crippen LogP contribution in [0.1, 0.15) is 48.5 Å². The Bertz CT molecular complexity index is 333. The molecular weight excluding hydrogens is 198 g/mol. The van der Waals surface area contributed by atoms with Crippen molar-refractivity contribution in [1.29, 1.82) is 0 Å². The highest BCUT2D eigenvalue weighted by atomic mass is 16.1. The Labute approximate surface area is 97.9 Å².